The molecule has 1 rings (SSSR count). The van der Waals surface area contributed by atoms with Crippen LogP contribution in [-0.4, -0.2) is 30.4 Å². The summed E-state index contributed by atoms with van der Waals surface area (Å²) in [5, 5.41) is 0. The molecular formula is C4H9O3P. The van der Waals surface area contributed by atoms with E-state index in [-0.39, 0.29) is 0 Å². The molecule has 0 unspecified atom stereocenters. The van der Waals surface area contributed by atoms with E-state index < -0.39 is 7.37 Å². The summed E-state index contributed by atoms with van der Waals surface area (Å²) in [5.74, 6) is 0. The van der Waals surface area contributed by atoms with E-state index in [0.717, 1.165) is 0 Å². The summed E-state index contributed by atoms with van der Waals surface area (Å²) in [6.07, 6.45) is 0.681. The van der Waals surface area contributed by atoms with Gasteiger partial charge in [0.2, 0.25) is 7.37 Å². The molecule has 4 heteroatoms. The first kappa shape index (κ1) is 6.27. The molecule has 8 heavy (non-hydrogen) atoms. The maximum atomic E-state index is 10.7. The molecule has 0 aromatic carbocycles. The van der Waals surface area contributed by atoms with Crippen LogP contribution in [0.15, 0.2) is 0 Å². The number of hydrogen-bond acceptors (Lipinski definition) is 2. The third kappa shape index (κ3) is 1.58. The van der Waals surface area contributed by atoms with Gasteiger partial charge in [0.25, 0.3) is 0 Å². The SMILES string of the molecule is O=P1(O)CCOCC1. The highest BCUT2D eigenvalue weighted by molar-refractivity contribution is 7.58. The Bertz CT molecular complexity index is 112. The van der Waals surface area contributed by atoms with Gasteiger partial charge in [-0.15, -0.1) is 0 Å². The van der Waals surface area contributed by atoms with Crippen LogP contribution < -0.4 is 0 Å². The predicted molar refractivity (Wildman–Crippen MR) is 30.4 cm³/mol. The van der Waals surface area contributed by atoms with E-state index in [1.54, 1.807) is 0 Å². The van der Waals surface area contributed by atoms with Gasteiger partial charge in [0.15, 0.2) is 0 Å². The van der Waals surface area contributed by atoms with Gasteiger partial charge in [0.05, 0.1) is 13.2 Å². The molecule has 0 bridgehead atoms. The summed E-state index contributed by atoms with van der Waals surface area (Å²) in [6, 6.07) is 0. The molecule has 0 amide bonds. The molecule has 0 aromatic heterocycles. The van der Waals surface area contributed by atoms with Crippen LogP contribution in [-0.2, 0) is 9.30 Å². The fourth-order valence-electron chi connectivity index (χ4n) is 0.628. The van der Waals surface area contributed by atoms with E-state index in [1.807, 2.05) is 0 Å². The lowest BCUT2D eigenvalue weighted by Gasteiger charge is -2.16. The Labute approximate surface area is 48.1 Å². The summed E-state index contributed by atoms with van der Waals surface area (Å²) in [6.45, 7) is 0.904. The molecule has 48 valence electrons. The van der Waals surface area contributed by atoms with Crippen LogP contribution in [0.1, 0.15) is 0 Å². The second kappa shape index (κ2) is 2.18. The lowest BCUT2D eigenvalue weighted by Crippen LogP contribution is -2.14. The second-order valence-corrected chi connectivity index (χ2v) is 4.49. The van der Waals surface area contributed by atoms with E-state index in [1.165, 1.54) is 0 Å². The lowest BCUT2D eigenvalue weighted by atomic mass is 10.8. The molecular weight excluding hydrogens is 127 g/mol. The monoisotopic (exact) mass is 136 g/mol. The average Bonchev–Trinajstić information content (AvgIpc) is 1.65. The van der Waals surface area contributed by atoms with Crippen LogP contribution in [0.3, 0.4) is 0 Å². The van der Waals surface area contributed by atoms with Gasteiger partial charge in [0, 0.05) is 12.3 Å². The maximum Gasteiger partial charge on any atom is 0.205 e. The van der Waals surface area contributed by atoms with E-state index in [2.05, 4.69) is 0 Å². The molecule has 0 radical (unpaired) electrons. The molecule has 0 spiro atoms. The first-order valence-electron chi connectivity index (χ1n) is 2.59. The highest BCUT2D eigenvalue weighted by atomic mass is 31.2. The van der Waals surface area contributed by atoms with Gasteiger partial charge in [-0.3, -0.25) is 4.57 Å². The van der Waals surface area contributed by atoms with Gasteiger partial charge in [-0.05, 0) is 0 Å². The van der Waals surface area contributed by atoms with Crippen LogP contribution in [0.25, 0.3) is 0 Å². The van der Waals surface area contributed by atoms with Crippen LogP contribution in [0, 0.1) is 0 Å². The summed E-state index contributed by atoms with van der Waals surface area (Å²) in [4.78, 5) is 8.85. The Kier molecular flexibility index (Phi) is 1.71. The number of ether oxygens (including phenoxy) is 1. The van der Waals surface area contributed by atoms with Crippen molar-refractivity contribution in [3.8, 4) is 0 Å². The third-order valence-electron chi connectivity index (χ3n) is 1.17. The molecule has 1 saturated heterocycles. The van der Waals surface area contributed by atoms with Crippen LogP contribution in [0.4, 0.5) is 0 Å². The van der Waals surface area contributed by atoms with Crippen LogP contribution in [0.5, 0.6) is 0 Å². The Morgan fingerprint density at radius 2 is 1.88 bits per heavy atom. The first-order chi connectivity index (χ1) is 3.71. The van der Waals surface area contributed by atoms with Crippen molar-refractivity contribution in [1.29, 1.82) is 0 Å². The van der Waals surface area contributed by atoms with E-state index in [4.69, 9.17) is 9.63 Å². The largest absolute Gasteiger partial charge is 0.380 e. The highest BCUT2D eigenvalue weighted by Crippen LogP contribution is 2.41. The summed E-state index contributed by atoms with van der Waals surface area (Å²) < 4.78 is 15.6. The fourth-order valence-corrected chi connectivity index (χ4v) is 1.68. The van der Waals surface area contributed by atoms with Gasteiger partial charge >= 0.3 is 0 Å². The van der Waals surface area contributed by atoms with Crippen molar-refractivity contribution in [2.75, 3.05) is 25.5 Å². The minimum Gasteiger partial charge on any atom is -0.380 e. The third-order valence-corrected chi connectivity index (χ3v) is 2.93. The van der Waals surface area contributed by atoms with Crippen molar-refractivity contribution in [3.05, 3.63) is 0 Å². The van der Waals surface area contributed by atoms with Crippen LogP contribution in [0.2, 0.25) is 0 Å². The predicted octanol–water partition coefficient (Wildman–Crippen LogP) is 0.287. The maximum absolute atomic E-state index is 10.7. The standard InChI is InChI=1S/C4H9O3P/c5-8(6)3-1-7-2-4-8/h1-4H2,(H,5,6). The number of rotatable bonds is 0. The molecule has 1 N–H and O–H groups in total. The Balaban J connectivity index is 2.45. The van der Waals surface area contributed by atoms with Crippen molar-refractivity contribution < 1.29 is 14.2 Å². The molecule has 1 heterocycles. The minimum atomic E-state index is -2.71. The van der Waals surface area contributed by atoms with Gasteiger partial charge in [-0.25, -0.2) is 0 Å². The Morgan fingerprint density at radius 1 is 1.38 bits per heavy atom. The van der Waals surface area contributed by atoms with Crippen molar-refractivity contribution in [1.82, 2.24) is 0 Å². The molecule has 1 aliphatic rings. The zero-order valence-electron chi connectivity index (χ0n) is 4.54. The molecule has 0 atom stereocenters. The topological polar surface area (TPSA) is 46.5 Å². The normalized spacial score (nSPS) is 27.6. The molecule has 0 aromatic rings. The fraction of sp³-hybridized carbons (Fsp3) is 1.00. The molecule has 1 fully saturated rings. The summed E-state index contributed by atoms with van der Waals surface area (Å²) in [7, 11) is -2.71. The van der Waals surface area contributed by atoms with Gasteiger partial charge < -0.3 is 9.63 Å². The van der Waals surface area contributed by atoms with E-state index >= 15 is 0 Å². The molecule has 1 aliphatic heterocycles. The highest BCUT2D eigenvalue weighted by Gasteiger charge is 2.21. The van der Waals surface area contributed by atoms with Crippen molar-refractivity contribution in [2.45, 2.75) is 0 Å². The number of hydrogen-bond donors (Lipinski definition) is 1. The quantitative estimate of drug-likeness (QED) is 0.487. The van der Waals surface area contributed by atoms with Gasteiger partial charge in [-0.2, -0.15) is 0 Å². The van der Waals surface area contributed by atoms with Crippen molar-refractivity contribution in [3.63, 3.8) is 0 Å². The molecule has 3 nitrogen and oxygen atoms in total. The smallest absolute Gasteiger partial charge is 0.205 e. The average molecular weight is 136 g/mol. The zero-order chi connectivity index (χ0) is 6.04. The summed E-state index contributed by atoms with van der Waals surface area (Å²) in [5.41, 5.74) is 0. The Morgan fingerprint density at radius 3 is 2.12 bits per heavy atom. The van der Waals surface area contributed by atoms with E-state index in [9.17, 15) is 4.57 Å². The summed E-state index contributed by atoms with van der Waals surface area (Å²) >= 11 is 0. The lowest BCUT2D eigenvalue weighted by molar-refractivity contribution is 0.150. The van der Waals surface area contributed by atoms with Gasteiger partial charge in [0.1, 0.15) is 0 Å². The minimum absolute atomic E-state index is 0.340. The second-order valence-electron chi connectivity index (χ2n) is 1.91. The van der Waals surface area contributed by atoms with Gasteiger partial charge in [-0.1, -0.05) is 0 Å². The van der Waals surface area contributed by atoms with Crippen molar-refractivity contribution >= 4 is 7.37 Å². The molecule has 0 aliphatic carbocycles. The van der Waals surface area contributed by atoms with E-state index in [0.29, 0.717) is 25.5 Å². The van der Waals surface area contributed by atoms with Crippen molar-refractivity contribution in [2.24, 2.45) is 0 Å². The first-order valence-corrected chi connectivity index (χ1v) is 4.62. The molecule has 0 saturated carbocycles. The Hall–Kier alpha value is 0.150. The zero-order valence-corrected chi connectivity index (χ0v) is 5.43. The van der Waals surface area contributed by atoms with Crippen LogP contribution >= 0.6 is 7.37 Å².